The van der Waals surface area contributed by atoms with Gasteiger partial charge in [-0.2, -0.15) is 0 Å². The molecule has 0 amide bonds. The molecule has 1 atom stereocenters. The van der Waals surface area contributed by atoms with Crippen LogP contribution in [0.3, 0.4) is 0 Å². The topological polar surface area (TPSA) is 46.2 Å². The van der Waals surface area contributed by atoms with Crippen LogP contribution in [0.5, 0.6) is 0 Å². The van der Waals surface area contributed by atoms with Gasteiger partial charge in [-0.15, -0.1) is 11.8 Å². The second kappa shape index (κ2) is 6.16. The average molecular weight is 285 g/mol. The Morgan fingerprint density at radius 1 is 1.15 bits per heavy atom. The molecule has 2 aromatic rings. The normalized spacial score (nSPS) is 13.7. The van der Waals surface area contributed by atoms with Crippen molar-refractivity contribution in [3.63, 3.8) is 0 Å². The van der Waals surface area contributed by atoms with Gasteiger partial charge in [0.1, 0.15) is 5.60 Å². The molecule has 0 aliphatic heterocycles. The van der Waals surface area contributed by atoms with Crippen LogP contribution in [0.1, 0.15) is 12.5 Å². The van der Waals surface area contributed by atoms with Crippen LogP contribution in [0.25, 0.3) is 0 Å². The first-order chi connectivity index (χ1) is 9.54. The van der Waals surface area contributed by atoms with Crippen LogP contribution in [-0.4, -0.2) is 10.9 Å². The molecule has 0 heterocycles. The van der Waals surface area contributed by atoms with Crippen molar-refractivity contribution in [1.29, 1.82) is 0 Å². The van der Waals surface area contributed by atoms with Crippen molar-refractivity contribution in [3.05, 3.63) is 72.3 Å². The van der Waals surface area contributed by atoms with E-state index < -0.39 is 5.60 Å². The molecule has 2 nitrogen and oxygen atoms in total. The minimum atomic E-state index is -1.05. The Hall–Kier alpha value is -1.71. The molecule has 0 aromatic heterocycles. The number of aliphatic hydroxyl groups is 1. The Morgan fingerprint density at radius 2 is 1.75 bits per heavy atom. The Balaban J connectivity index is 2.23. The third kappa shape index (κ3) is 3.06. The number of thioether (sulfide) groups is 1. The van der Waals surface area contributed by atoms with Crippen molar-refractivity contribution in [3.8, 4) is 0 Å². The number of nitrogen functional groups attached to an aromatic ring is 1. The van der Waals surface area contributed by atoms with Crippen molar-refractivity contribution in [2.45, 2.75) is 17.4 Å². The van der Waals surface area contributed by atoms with Crippen LogP contribution in [0.15, 0.2) is 71.6 Å². The van der Waals surface area contributed by atoms with Gasteiger partial charge in [0.2, 0.25) is 0 Å². The van der Waals surface area contributed by atoms with Crippen molar-refractivity contribution in [1.82, 2.24) is 0 Å². The van der Waals surface area contributed by atoms with E-state index in [9.17, 15) is 5.11 Å². The van der Waals surface area contributed by atoms with Crippen LogP contribution in [0.2, 0.25) is 0 Å². The zero-order valence-corrected chi connectivity index (χ0v) is 12.4. The summed E-state index contributed by atoms with van der Waals surface area (Å²) in [4.78, 5) is 0.975. The summed E-state index contributed by atoms with van der Waals surface area (Å²) < 4.78 is 0. The fraction of sp³-hybridized carbons (Fsp3) is 0.176. The Morgan fingerprint density at radius 3 is 2.35 bits per heavy atom. The maximum atomic E-state index is 11.0. The van der Waals surface area contributed by atoms with E-state index in [-0.39, 0.29) is 0 Å². The number of para-hydroxylation sites is 1. The highest BCUT2D eigenvalue weighted by Gasteiger charge is 2.30. The van der Waals surface area contributed by atoms with Crippen LogP contribution >= 0.6 is 11.8 Å². The highest BCUT2D eigenvalue weighted by atomic mass is 32.2. The van der Waals surface area contributed by atoms with E-state index >= 15 is 0 Å². The molecule has 3 heteroatoms. The third-order valence-corrected chi connectivity index (χ3v) is 4.56. The molecule has 0 saturated heterocycles. The summed E-state index contributed by atoms with van der Waals surface area (Å²) in [6, 6.07) is 17.3. The summed E-state index contributed by atoms with van der Waals surface area (Å²) in [5.74, 6) is 0.487. The monoisotopic (exact) mass is 285 g/mol. The number of hydrogen-bond acceptors (Lipinski definition) is 3. The molecule has 2 aromatic carbocycles. The Labute approximate surface area is 124 Å². The summed E-state index contributed by atoms with van der Waals surface area (Å²) in [7, 11) is 0. The highest BCUT2D eigenvalue weighted by Crippen LogP contribution is 2.36. The molecule has 0 saturated carbocycles. The zero-order valence-electron chi connectivity index (χ0n) is 11.5. The molecule has 1 unspecified atom stereocenters. The van der Waals surface area contributed by atoms with E-state index in [2.05, 4.69) is 6.58 Å². The first-order valence-electron chi connectivity index (χ1n) is 6.45. The van der Waals surface area contributed by atoms with Gasteiger partial charge in [-0.3, -0.25) is 0 Å². The molecule has 104 valence electrons. The quantitative estimate of drug-likeness (QED) is 0.498. The molecule has 0 aliphatic carbocycles. The van der Waals surface area contributed by atoms with E-state index in [1.807, 2.05) is 61.5 Å². The Kier molecular flexibility index (Phi) is 4.53. The van der Waals surface area contributed by atoms with Gasteiger partial charge < -0.3 is 10.8 Å². The summed E-state index contributed by atoms with van der Waals surface area (Å²) in [5.41, 5.74) is 7.21. The second-order valence-corrected chi connectivity index (χ2v) is 5.85. The molecule has 0 radical (unpaired) electrons. The Bertz CT molecular complexity index is 597. The van der Waals surface area contributed by atoms with Gasteiger partial charge in [0.25, 0.3) is 0 Å². The molecule has 0 bridgehead atoms. The van der Waals surface area contributed by atoms with Crippen molar-refractivity contribution < 1.29 is 5.11 Å². The minimum Gasteiger partial charge on any atom is -0.398 e. The lowest BCUT2D eigenvalue weighted by molar-refractivity contribution is 0.103. The number of rotatable bonds is 5. The molecule has 0 fully saturated rings. The molecular weight excluding hydrogens is 266 g/mol. The minimum absolute atomic E-state index is 0.487. The van der Waals surface area contributed by atoms with E-state index in [4.69, 9.17) is 5.73 Å². The van der Waals surface area contributed by atoms with Gasteiger partial charge >= 0.3 is 0 Å². The summed E-state index contributed by atoms with van der Waals surface area (Å²) >= 11 is 1.54. The first-order valence-corrected chi connectivity index (χ1v) is 7.44. The molecule has 0 aliphatic rings. The summed E-state index contributed by atoms with van der Waals surface area (Å²) in [5, 5.41) is 11.0. The molecule has 3 N–H and O–H groups in total. The van der Waals surface area contributed by atoms with E-state index in [1.54, 1.807) is 11.8 Å². The van der Waals surface area contributed by atoms with Crippen molar-refractivity contribution in [2.24, 2.45) is 0 Å². The van der Waals surface area contributed by atoms with Gasteiger partial charge in [-0.25, -0.2) is 0 Å². The standard InChI is InChI=1S/C17H19NOS/c1-13(2)17(19,14-8-4-3-5-9-14)12-20-16-11-7-6-10-15(16)18/h3-11,19H,1,12,18H2,2H3. The van der Waals surface area contributed by atoms with Crippen LogP contribution in [0, 0.1) is 0 Å². The maximum absolute atomic E-state index is 11.0. The number of anilines is 1. The molecular formula is C17H19NOS. The molecule has 0 spiro atoms. The fourth-order valence-corrected chi connectivity index (χ4v) is 3.15. The van der Waals surface area contributed by atoms with E-state index in [0.29, 0.717) is 5.75 Å². The summed E-state index contributed by atoms with van der Waals surface area (Å²) in [6.45, 7) is 5.79. The lowest BCUT2D eigenvalue weighted by Gasteiger charge is -2.29. The van der Waals surface area contributed by atoms with E-state index in [1.165, 1.54) is 0 Å². The van der Waals surface area contributed by atoms with Gasteiger partial charge in [0.15, 0.2) is 0 Å². The zero-order chi connectivity index (χ0) is 14.6. The lowest BCUT2D eigenvalue weighted by Crippen LogP contribution is -2.29. The molecule has 2 rings (SSSR count). The van der Waals surface area contributed by atoms with Crippen molar-refractivity contribution >= 4 is 17.4 Å². The highest BCUT2D eigenvalue weighted by molar-refractivity contribution is 7.99. The smallest absolute Gasteiger partial charge is 0.119 e. The van der Waals surface area contributed by atoms with Crippen LogP contribution < -0.4 is 5.73 Å². The second-order valence-electron chi connectivity index (χ2n) is 4.83. The predicted octanol–water partition coefficient (Wildman–Crippen LogP) is 3.82. The van der Waals surface area contributed by atoms with Gasteiger partial charge in [0.05, 0.1) is 0 Å². The third-order valence-electron chi connectivity index (χ3n) is 3.31. The fourth-order valence-electron chi connectivity index (χ4n) is 1.96. The summed E-state index contributed by atoms with van der Waals surface area (Å²) in [6.07, 6.45) is 0. The first kappa shape index (κ1) is 14.7. The van der Waals surface area contributed by atoms with Crippen LogP contribution in [-0.2, 0) is 5.60 Å². The number of hydrogen-bond donors (Lipinski definition) is 2. The van der Waals surface area contributed by atoms with Gasteiger partial charge in [-0.1, -0.05) is 49.0 Å². The van der Waals surface area contributed by atoms with Gasteiger partial charge in [0, 0.05) is 16.3 Å². The SMILES string of the molecule is C=C(C)C(O)(CSc1ccccc1N)c1ccccc1. The largest absolute Gasteiger partial charge is 0.398 e. The van der Waals surface area contributed by atoms with Crippen LogP contribution in [0.4, 0.5) is 5.69 Å². The predicted molar refractivity (Wildman–Crippen MR) is 86.7 cm³/mol. The van der Waals surface area contributed by atoms with Gasteiger partial charge in [-0.05, 0) is 30.2 Å². The average Bonchev–Trinajstić information content (AvgIpc) is 2.47. The number of benzene rings is 2. The maximum Gasteiger partial charge on any atom is 0.119 e. The molecule has 20 heavy (non-hydrogen) atoms. The number of nitrogens with two attached hydrogens (primary N) is 1. The van der Waals surface area contributed by atoms with Crippen molar-refractivity contribution in [2.75, 3.05) is 11.5 Å². The van der Waals surface area contributed by atoms with E-state index in [0.717, 1.165) is 21.7 Å². The lowest BCUT2D eigenvalue weighted by atomic mass is 9.90.